The van der Waals surface area contributed by atoms with Crippen molar-refractivity contribution in [3.63, 3.8) is 0 Å². The predicted molar refractivity (Wildman–Crippen MR) is 134 cm³/mol. The number of nitrogens with zero attached hydrogens (tertiary/aromatic N) is 2. The molecular weight excluding hydrogens is 378 g/mol. The van der Waals surface area contributed by atoms with E-state index in [9.17, 15) is 0 Å². The third kappa shape index (κ3) is 5.81. The summed E-state index contributed by atoms with van der Waals surface area (Å²) in [5.41, 5.74) is 6.68. The fourth-order valence-electron chi connectivity index (χ4n) is 3.55. The molecule has 3 rings (SSSR count). The lowest BCUT2D eigenvalue weighted by atomic mass is 9.85. The molecule has 3 aromatic rings. The monoisotopic (exact) mass is 413 g/mol. The van der Waals surface area contributed by atoms with E-state index in [1.54, 1.807) is 0 Å². The molecule has 31 heavy (non-hydrogen) atoms. The van der Waals surface area contributed by atoms with Crippen molar-refractivity contribution in [2.24, 2.45) is 15.8 Å². The molecular formula is C28H35N3. The molecule has 1 N–H and O–H groups in total. The van der Waals surface area contributed by atoms with E-state index in [0.29, 0.717) is 0 Å². The summed E-state index contributed by atoms with van der Waals surface area (Å²) in [6.45, 7) is 14.1. The van der Waals surface area contributed by atoms with E-state index in [1.165, 1.54) is 11.3 Å². The van der Waals surface area contributed by atoms with Gasteiger partial charge in [0, 0.05) is 46.8 Å². The van der Waals surface area contributed by atoms with E-state index in [-0.39, 0.29) is 10.8 Å². The highest BCUT2D eigenvalue weighted by atomic mass is 14.9. The first-order chi connectivity index (χ1) is 14.6. The Labute approximate surface area is 187 Å². The van der Waals surface area contributed by atoms with Gasteiger partial charge in [0.2, 0.25) is 0 Å². The van der Waals surface area contributed by atoms with Crippen molar-refractivity contribution < 1.29 is 0 Å². The van der Waals surface area contributed by atoms with Gasteiger partial charge >= 0.3 is 0 Å². The Morgan fingerprint density at radius 2 is 1.65 bits per heavy atom. The Hall–Kier alpha value is -2.94. The lowest BCUT2D eigenvalue weighted by Gasteiger charge is -2.27. The van der Waals surface area contributed by atoms with Crippen LogP contribution in [0, 0.1) is 10.8 Å². The number of aliphatic imine (C=N–C) groups is 1. The number of benzene rings is 2. The second-order valence-corrected chi connectivity index (χ2v) is 10.1. The van der Waals surface area contributed by atoms with E-state index in [1.807, 2.05) is 19.2 Å². The molecule has 3 nitrogen and oxygen atoms in total. The number of nitrogens with one attached hydrogen (secondary N) is 1. The molecule has 162 valence electrons. The van der Waals surface area contributed by atoms with Gasteiger partial charge in [-0.3, -0.25) is 4.99 Å². The van der Waals surface area contributed by atoms with Gasteiger partial charge in [0.25, 0.3) is 0 Å². The quantitative estimate of drug-likeness (QED) is 0.456. The summed E-state index contributed by atoms with van der Waals surface area (Å²) in [7, 11) is 1.87. The number of fused-ring (bicyclic) bond motifs is 1. The molecule has 0 radical (unpaired) electrons. The van der Waals surface area contributed by atoms with Crippen LogP contribution in [0.5, 0.6) is 0 Å². The van der Waals surface area contributed by atoms with Crippen LogP contribution in [0.3, 0.4) is 0 Å². The maximum atomic E-state index is 4.85. The Morgan fingerprint density at radius 1 is 0.903 bits per heavy atom. The topological polar surface area (TPSA) is 37.3 Å². The van der Waals surface area contributed by atoms with Crippen LogP contribution in [0.4, 0.5) is 0 Å². The van der Waals surface area contributed by atoms with Crippen molar-refractivity contribution in [1.29, 1.82) is 0 Å². The Morgan fingerprint density at radius 3 is 2.32 bits per heavy atom. The van der Waals surface area contributed by atoms with Gasteiger partial charge < -0.3 is 5.32 Å². The highest BCUT2D eigenvalue weighted by Gasteiger charge is 2.22. The minimum Gasteiger partial charge on any atom is -0.384 e. The van der Waals surface area contributed by atoms with Crippen molar-refractivity contribution in [3.05, 3.63) is 78.0 Å². The molecule has 0 unspecified atom stereocenters. The number of allylic oxidation sites excluding steroid dienone is 2. The molecule has 0 aliphatic carbocycles. The molecule has 0 saturated heterocycles. The van der Waals surface area contributed by atoms with Gasteiger partial charge in [-0.15, -0.1) is 0 Å². The fraction of sp³-hybridized carbons (Fsp3) is 0.357. The van der Waals surface area contributed by atoms with Crippen molar-refractivity contribution in [3.8, 4) is 11.3 Å². The summed E-state index contributed by atoms with van der Waals surface area (Å²) in [6.07, 6.45) is 2.22. The molecule has 0 aliphatic rings. The lowest BCUT2D eigenvalue weighted by molar-refractivity contribution is 0.458. The van der Waals surface area contributed by atoms with Gasteiger partial charge in [-0.1, -0.05) is 84.0 Å². The number of pyridine rings is 1. The van der Waals surface area contributed by atoms with Gasteiger partial charge in [0.05, 0.1) is 11.2 Å². The predicted octanol–water partition coefficient (Wildman–Crippen LogP) is 7.04. The van der Waals surface area contributed by atoms with Crippen LogP contribution in [0.15, 0.2) is 77.4 Å². The highest BCUT2D eigenvalue weighted by molar-refractivity contribution is 5.99. The summed E-state index contributed by atoms with van der Waals surface area (Å²) in [4.78, 5) is 9.39. The minimum atomic E-state index is -0.00129. The van der Waals surface area contributed by atoms with Gasteiger partial charge in [-0.05, 0) is 29.8 Å². The second kappa shape index (κ2) is 9.05. The number of rotatable bonds is 5. The molecule has 0 amide bonds. The Bertz CT molecular complexity index is 1110. The highest BCUT2D eigenvalue weighted by Crippen LogP contribution is 2.27. The van der Waals surface area contributed by atoms with Crippen molar-refractivity contribution in [1.82, 2.24) is 10.3 Å². The van der Waals surface area contributed by atoms with Crippen LogP contribution in [0.25, 0.3) is 22.2 Å². The fourth-order valence-corrected chi connectivity index (χ4v) is 3.55. The zero-order chi connectivity index (χ0) is 22.6. The maximum absolute atomic E-state index is 4.85. The van der Waals surface area contributed by atoms with E-state index < -0.39 is 0 Å². The summed E-state index contributed by atoms with van der Waals surface area (Å²) >= 11 is 0. The smallest absolute Gasteiger partial charge is 0.0709 e. The zero-order valence-corrected chi connectivity index (χ0v) is 20.0. The zero-order valence-electron chi connectivity index (χ0n) is 20.0. The van der Waals surface area contributed by atoms with Gasteiger partial charge in [0.15, 0.2) is 0 Å². The van der Waals surface area contributed by atoms with E-state index in [2.05, 4.69) is 106 Å². The Kier molecular flexibility index (Phi) is 6.64. The molecule has 1 heterocycles. The normalized spacial score (nSPS) is 13.5. The largest absolute Gasteiger partial charge is 0.384 e. The van der Waals surface area contributed by atoms with Crippen molar-refractivity contribution in [2.75, 3.05) is 7.05 Å². The third-order valence-electron chi connectivity index (χ3n) is 5.40. The maximum Gasteiger partial charge on any atom is 0.0709 e. The molecule has 1 aromatic heterocycles. The first-order valence-corrected chi connectivity index (χ1v) is 11.0. The molecule has 0 saturated carbocycles. The van der Waals surface area contributed by atoms with Gasteiger partial charge in [-0.25, -0.2) is 4.98 Å². The van der Waals surface area contributed by atoms with Crippen molar-refractivity contribution in [2.45, 2.75) is 48.1 Å². The van der Waals surface area contributed by atoms with Crippen LogP contribution >= 0.6 is 0 Å². The van der Waals surface area contributed by atoms with Crippen LogP contribution in [-0.2, 0) is 6.54 Å². The average Bonchev–Trinajstić information content (AvgIpc) is 2.72. The molecule has 0 fully saturated rings. The Balaban J connectivity index is 1.85. The number of hydrogen-bond donors (Lipinski definition) is 1. The number of para-hydroxylation sites is 1. The number of hydrogen-bond acceptors (Lipinski definition) is 3. The summed E-state index contributed by atoms with van der Waals surface area (Å²) < 4.78 is 0. The first-order valence-electron chi connectivity index (χ1n) is 11.0. The van der Waals surface area contributed by atoms with Crippen LogP contribution in [-0.4, -0.2) is 17.7 Å². The van der Waals surface area contributed by atoms with Crippen molar-refractivity contribution >= 4 is 16.6 Å². The first kappa shape index (κ1) is 22.7. The van der Waals surface area contributed by atoms with Gasteiger partial charge in [0.1, 0.15) is 0 Å². The van der Waals surface area contributed by atoms with Crippen LogP contribution in [0.2, 0.25) is 0 Å². The second-order valence-electron chi connectivity index (χ2n) is 10.1. The molecule has 0 atom stereocenters. The molecule has 2 aromatic carbocycles. The third-order valence-corrected chi connectivity index (χ3v) is 5.40. The summed E-state index contributed by atoms with van der Waals surface area (Å²) in [6, 6.07) is 21.1. The molecule has 0 aliphatic heterocycles. The van der Waals surface area contributed by atoms with E-state index in [4.69, 9.17) is 4.98 Å². The SMILES string of the molecule is CN=C(C=C(NCc1cccc(-c2ccc3ccccc3n2)c1)C(C)(C)C)C(C)(C)C. The van der Waals surface area contributed by atoms with Gasteiger partial charge in [-0.2, -0.15) is 0 Å². The van der Waals surface area contributed by atoms with Crippen LogP contribution in [0.1, 0.15) is 47.1 Å². The molecule has 0 spiro atoms. The van der Waals surface area contributed by atoms with Crippen LogP contribution < -0.4 is 5.32 Å². The molecule has 3 heteroatoms. The number of aromatic nitrogens is 1. The molecule has 0 bridgehead atoms. The summed E-state index contributed by atoms with van der Waals surface area (Å²) in [5, 5.41) is 4.84. The van der Waals surface area contributed by atoms with E-state index >= 15 is 0 Å². The standard InChI is InChI=1S/C28H35N3/c1-27(2,3)25(29-7)18-26(28(4,5)6)30-19-20-11-10-13-22(17-20)24-16-15-21-12-8-9-14-23(21)31-24/h8-18,30H,19H2,1-7H3. The minimum absolute atomic E-state index is 0.00129. The van der Waals surface area contributed by atoms with E-state index in [0.717, 1.165) is 34.4 Å². The lowest BCUT2D eigenvalue weighted by Crippen LogP contribution is -2.28. The summed E-state index contributed by atoms with van der Waals surface area (Å²) in [5.74, 6) is 0. The average molecular weight is 414 g/mol.